The first-order chi connectivity index (χ1) is 12.9. The third-order valence-electron chi connectivity index (χ3n) is 3.97. The van der Waals surface area contributed by atoms with Gasteiger partial charge in [-0.15, -0.1) is 0 Å². The number of hydrogen-bond acceptors (Lipinski definition) is 4. The molecular formula is C19H18FN3O3S. The Labute approximate surface area is 156 Å². The number of rotatable bonds is 6. The van der Waals surface area contributed by atoms with Crippen LogP contribution in [-0.2, 0) is 10.0 Å². The molecule has 0 aliphatic rings. The van der Waals surface area contributed by atoms with Crippen LogP contribution in [0.1, 0.15) is 16.1 Å². The van der Waals surface area contributed by atoms with Crippen LogP contribution in [0.2, 0.25) is 0 Å². The number of hydrogen-bond donors (Lipinski definition) is 2. The number of carbonyl (C=O) groups is 1. The molecule has 3 aromatic rings. The Morgan fingerprint density at radius 2 is 1.81 bits per heavy atom. The molecule has 0 spiro atoms. The van der Waals surface area contributed by atoms with Gasteiger partial charge < -0.3 is 5.32 Å². The highest BCUT2D eigenvalue weighted by atomic mass is 32.2. The number of sulfonamides is 1. The summed E-state index contributed by atoms with van der Waals surface area (Å²) in [5.41, 5.74) is 1.30. The molecule has 0 aliphatic carbocycles. The SMILES string of the molecule is Cc1nc2cc(F)ccc2cc1C(=O)NCCNS(=O)(=O)c1ccccc1. The molecule has 0 saturated heterocycles. The van der Waals surface area contributed by atoms with Gasteiger partial charge >= 0.3 is 0 Å². The molecule has 0 atom stereocenters. The van der Waals surface area contributed by atoms with E-state index in [0.29, 0.717) is 22.2 Å². The minimum atomic E-state index is -3.61. The number of pyridine rings is 1. The zero-order chi connectivity index (χ0) is 19.4. The van der Waals surface area contributed by atoms with E-state index >= 15 is 0 Å². The van der Waals surface area contributed by atoms with Crippen LogP contribution in [-0.4, -0.2) is 32.4 Å². The molecule has 6 nitrogen and oxygen atoms in total. The Morgan fingerprint density at radius 3 is 2.56 bits per heavy atom. The van der Waals surface area contributed by atoms with Crippen LogP contribution in [0.25, 0.3) is 10.9 Å². The molecule has 1 amide bonds. The molecule has 8 heteroatoms. The molecule has 0 fully saturated rings. The third kappa shape index (κ3) is 4.47. The van der Waals surface area contributed by atoms with Crippen molar-refractivity contribution in [3.05, 3.63) is 71.7 Å². The molecule has 3 rings (SSSR count). The van der Waals surface area contributed by atoms with E-state index in [1.807, 2.05) is 0 Å². The zero-order valence-electron chi connectivity index (χ0n) is 14.6. The van der Waals surface area contributed by atoms with Gasteiger partial charge in [-0.1, -0.05) is 18.2 Å². The summed E-state index contributed by atoms with van der Waals surface area (Å²) in [5.74, 6) is -0.762. The van der Waals surface area contributed by atoms with E-state index in [0.717, 1.165) is 0 Å². The number of benzene rings is 2. The molecule has 2 aromatic carbocycles. The number of fused-ring (bicyclic) bond motifs is 1. The van der Waals surface area contributed by atoms with E-state index in [4.69, 9.17) is 0 Å². The lowest BCUT2D eigenvalue weighted by molar-refractivity contribution is 0.0953. The molecule has 0 saturated carbocycles. The Balaban J connectivity index is 1.62. The normalized spacial score (nSPS) is 11.5. The highest BCUT2D eigenvalue weighted by Gasteiger charge is 2.14. The van der Waals surface area contributed by atoms with E-state index in [1.165, 1.54) is 24.3 Å². The highest BCUT2D eigenvalue weighted by Crippen LogP contribution is 2.17. The Hall–Kier alpha value is -2.84. The minimum Gasteiger partial charge on any atom is -0.351 e. The first-order valence-corrected chi connectivity index (χ1v) is 9.75. The van der Waals surface area contributed by atoms with Crippen molar-refractivity contribution in [1.29, 1.82) is 0 Å². The van der Waals surface area contributed by atoms with E-state index in [2.05, 4.69) is 15.0 Å². The second-order valence-corrected chi connectivity index (χ2v) is 7.69. The molecule has 0 aliphatic heterocycles. The van der Waals surface area contributed by atoms with Crippen LogP contribution in [0.4, 0.5) is 4.39 Å². The van der Waals surface area contributed by atoms with Crippen molar-refractivity contribution in [2.45, 2.75) is 11.8 Å². The van der Waals surface area contributed by atoms with E-state index < -0.39 is 15.8 Å². The van der Waals surface area contributed by atoms with Gasteiger partial charge in [0.15, 0.2) is 0 Å². The number of halogens is 1. The fraction of sp³-hybridized carbons (Fsp3) is 0.158. The number of amides is 1. The smallest absolute Gasteiger partial charge is 0.253 e. The van der Waals surface area contributed by atoms with Crippen molar-refractivity contribution in [1.82, 2.24) is 15.0 Å². The van der Waals surface area contributed by atoms with Crippen LogP contribution < -0.4 is 10.0 Å². The monoisotopic (exact) mass is 387 g/mol. The van der Waals surface area contributed by atoms with Crippen LogP contribution in [0.3, 0.4) is 0 Å². The van der Waals surface area contributed by atoms with Gasteiger partial charge in [-0.2, -0.15) is 0 Å². The average Bonchev–Trinajstić information content (AvgIpc) is 2.65. The lowest BCUT2D eigenvalue weighted by Crippen LogP contribution is -2.35. The van der Waals surface area contributed by atoms with Crippen LogP contribution >= 0.6 is 0 Å². The molecular weight excluding hydrogens is 369 g/mol. The van der Waals surface area contributed by atoms with Crippen molar-refractivity contribution in [2.75, 3.05) is 13.1 Å². The Bertz CT molecular complexity index is 1090. The summed E-state index contributed by atoms with van der Waals surface area (Å²) < 4.78 is 39.9. The third-order valence-corrected chi connectivity index (χ3v) is 5.45. The predicted molar refractivity (Wildman–Crippen MR) is 100 cm³/mol. The molecule has 1 heterocycles. The molecule has 0 unspecified atom stereocenters. The van der Waals surface area contributed by atoms with Gasteiger partial charge in [-0.05, 0) is 37.3 Å². The second kappa shape index (κ2) is 7.81. The predicted octanol–water partition coefficient (Wildman–Crippen LogP) is 2.39. The molecule has 2 N–H and O–H groups in total. The number of aromatic nitrogens is 1. The first kappa shape index (κ1) is 18.9. The number of aryl methyl sites for hydroxylation is 1. The standard InChI is InChI=1S/C19H18FN3O3S/c1-13-17(11-14-7-8-15(20)12-18(14)23-13)19(24)21-9-10-22-27(25,26)16-5-3-2-4-6-16/h2-8,11-12,22H,9-10H2,1H3,(H,21,24). The van der Waals surface area contributed by atoms with Gasteiger partial charge in [0, 0.05) is 24.5 Å². The van der Waals surface area contributed by atoms with E-state index in [9.17, 15) is 17.6 Å². The van der Waals surface area contributed by atoms with Crippen LogP contribution in [0.15, 0.2) is 59.5 Å². The summed E-state index contributed by atoms with van der Waals surface area (Å²) in [7, 11) is -3.61. The van der Waals surface area contributed by atoms with Gasteiger partial charge in [0.1, 0.15) is 5.82 Å². The number of nitrogens with zero attached hydrogens (tertiary/aromatic N) is 1. The summed E-state index contributed by atoms with van der Waals surface area (Å²) in [4.78, 5) is 16.8. The van der Waals surface area contributed by atoms with Gasteiger partial charge in [0.25, 0.3) is 5.91 Å². The molecule has 140 valence electrons. The molecule has 0 radical (unpaired) electrons. The largest absolute Gasteiger partial charge is 0.351 e. The number of nitrogens with one attached hydrogen (secondary N) is 2. The van der Waals surface area contributed by atoms with Gasteiger partial charge in [-0.25, -0.2) is 17.5 Å². The number of carbonyl (C=O) groups excluding carboxylic acids is 1. The fourth-order valence-corrected chi connectivity index (χ4v) is 3.66. The quantitative estimate of drug-likeness (QED) is 0.636. The van der Waals surface area contributed by atoms with Crippen molar-refractivity contribution in [3.63, 3.8) is 0 Å². The van der Waals surface area contributed by atoms with E-state index in [-0.39, 0.29) is 23.9 Å². The van der Waals surface area contributed by atoms with Crippen LogP contribution in [0, 0.1) is 12.7 Å². The maximum absolute atomic E-state index is 13.3. The lowest BCUT2D eigenvalue weighted by Gasteiger charge is -2.10. The Morgan fingerprint density at radius 1 is 1.07 bits per heavy atom. The fourth-order valence-electron chi connectivity index (χ4n) is 2.61. The van der Waals surface area contributed by atoms with Gasteiger partial charge in [0.2, 0.25) is 10.0 Å². The van der Waals surface area contributed by atoms with E-state index in [1.54, 1.807) is 37.3 Å². The van der Waals surface area contributed by atoms with Gasteiger partial charge in [0.05, 0.1) is 21.7 Å². The summed E-state index contributed by atoms with van der Waals surface area (Å²) in [5, 5.41) is 3.31. The maximum Gasteiger partial charge on any atom is 0.253 e. The van der Waals surface area contributed by atoms with Crippen molar-refractivity contribution in [3.8, 4) is 0 Å². The maximum atomic E-state index is 13.3. The van der Waals surface area contributed by atoms with Gasteiger partial charge in [-0.3, -0.25) is 9.78 Å². The van der Waals surface area contributed by atoms with Crippen LogP contribution in [0.5, 0.6) is 0 Å². The minimum absolute atomic E-state index is 0.0498. The topological polar surface area (TPSA) is 88.2 Å². The van der Waals surface area contributed by atoms with Crippen molar-refractivity contribution < 1.29 is 17.6 Å². The lowest BCUT2D eigenvalue weighted by atomic mass is 10.1. The molecule has 0 bridgehead atoms. The average molecular weight is 387 g/mol. The summed E-state index contributed by atoms with van der Waals surface area (Å²) in [6, 6.07) is 13.8. The summed E-state index contributed by atoms with van der Waals surface area (Å²) in [6.45, 7) is 1.83. The van der Waals surface area contributed by atoms with Crippen molar-refractivity contribution in [2.24, 2.45) is 0 Å². The second-order valence-electron chi connectivity index (χ2n) is 5.93. The molecule has 1 aromatic heterocycles. The molecule has 27 heavy (non-hydrogen) atoms. The summed E-state index contributed by atoms with van der Waals surface area (Å²) in [6.07, 6.45) is 0. The Kier molecular flexibility index (Phi) is 5.48. The van der Waals surface area contributed by atoms with Crippen molar-refractivity contribution >= 4 is 26.8 Å². The first-order valence-electron chi connectivity index (χ1n) is 8.27. The zero-order valence-corrected chi connectivity index (χ0v) is 15.4. The highest BCUT2D eigenvalue weighted by molar-refractivity contribution is 7.89. The summed E-state index contributed by atoms with van der Waals surface area (Å²) >= 11 is 0.